The zero-order valence-electron chi connectivity index (χ0n) is 8.75. The SMILES string of the molecule is COCC1(COC)OCC(C)(C)O1. The maximum absolute atomic E-state index is 5.74. The molecular weight excluding hydrogens is 172 g/mol. The number of hydrogen-bond acceptors (Lipinski definition) is 4. The van der Waals surface area contributed by atoms with Crippen molar-refractivity contribution in [1.29, 1.82) is 0 Å². The van der Waals surface area contributed by atoms with Crippen LogP contribution in [-0.2, 0) is 18.9 Å². The summed E-state index contributed by atoms with van der Waals surface area (Å²) in [7, 11) is 3.24. The summed E-state index contributed by atoms with van der Waals surface area (Å²) in [5.74, 6) is -0.715. The lowest BCUT2D eigenvalue weighted by Gasteiger charge is -2.27. The largest absolute Gasteiger partial charge is 0.379 e. The zero-order valence-corrected chi connectivity index (χ0v) is 8.75. The molecule has 1 saturated heterocycles. The van der Waals surface area contributed by atoms with Crippen molar-refractivity contribution in [2.24, 2.45) is 0 Å². The molecule has 1 aliphatic heterocycles. The van der Waals surface area contributed by atoms with E-state index in [0.29, 0.717) is 19.8 Å². The number of rotatable bonds is 4. The molecule has 1 fully saturated rings. The van der Waals surface area contributed by atoms with E-state index in [1.54, 1.807) is 14.2 Å². The van der Waals surface area contributed by atoms with E-state index in [-0.39, 0.29) is 5.60 Å². The summed E-state index contributed by atoms with van der Waals surface area (Å²) < 4.78 is 21.4. The standard InChI is InChI=1S/C9H18O4/c1-8(2)5-12-9(13-8,6-10-3)7-11-4/h5-7H2,1-4H3. The molecule has 78 valence electrons. The van der Waals surface area contributed by atoms with Crippen LogP contribution in [0, 0.1) is 0 Å². The van der Waals surface area contributed by atoms with E-state index in [4.69, 9.17) is 18.9 Å². The highest BCUT2D eigenvalue weighted by Crippen LogP contribution is 2.31. The third kappa shape index (κ3) is 2.64. The molecule has 4 nitrogen and oxygen atoms in total. The van der Waals surface area contributed by atoms with Gasteiger partial charge in [-0.3, -0.25) is 0 Å². The lowest BCUT2D eigenvalue weighted by molar-refractivity contribution is -0.231. The molecule has 0 bridgehead atoms. The molecule has 0 atom stereocenters. The molecule has 0 aromatic carbocycles. The summed E-state index contributed by atoms with van der Waals surface area (Å²) in [5.41, 5.74) is -0.253. The Labute approximate surface area is 79.1 Å². The molecule has 0 spiro atoms. The van der Waals surface area contributed by atoms with Gasteiger partial charge in [-0.05, 0) is 13.8 Å². The number of ether oxygens (including phenoxy) is 4. The van der Waals surface area contributed by atoms with Crippen molar-refractivity contribution >= 4 is 0 Å². The Kier molecular flexibility index (Phi) is 3.29. The van der Waals surface area contributed by atoms with Crippen molar-refractivity contribution in [1.82, 2.24) is 0 Å². The smallest absolute Gasteiger partial charge is 0.216 e. The molecule has 4 heteroatoms. The van der Waals surface area contributed by atoms with Crippen molar-refractivity contribution in [3.63, 3.8) is 0 Å². The highest BCUT2D eigenvalue weighted by Gasteiger charge is 2.45. The van der Waals surface area contributed by atoms with Crippen molar-refractivity contribution in [3.05, 3.63) is 0 Å². The minimum Gasteiger partial charge on any atom is -0.379 e. The van der Waals surface area contributed by atoms with Gasteiger partial charge < -0.3 is 18.9 Å². The fraction of sp³-hybridized carbons (Fsp3) is 1.00. The second kappa shape index (κ2) is 3.92. The first-order valence-electron chi connectivity index (χ1n) is 4.36. The summed E-state index contributed by atoms with van der Waals surface area (Å²) in [6.07, 6.45) is 0. The highest BCUT2D eigenvalue weighted by molar-refractivity contribution is 4.84. The zero-order chi connectivity index (χ0) is 9.95. The second-order valence-corrected chi connectivity index (χ2v) is 3.93. The Morgan fingerprint density at radius 1 is 1.15 bits per heavy atom. The van der Waals surface area contributed by atoms with Crippen molar-refractivity contribution in [3.8, 4) is 0 Å². The summed E-state index contributed by atoms with van der Waals surface area (Å²) in [4.78, 5) is 0. The van der Waals surface area contributed by atoms with Crippen LogP contribution >= 0.6 is 0 Å². The van der Waals surface area contributed by atoms with Gasteiger partial charge in [0, 0.05) is 14.2 Å². The van der Waals surface area contributed by atoms with Crippen LogP contribution in [0.3, 0.4) is 0 Å². The molecule has 0 aromatic rings. The maximum atomic E-state index is 5.74. The predicted octanol–water partition coefficient (Wildman–Crippen LogP) is 0.801. The molecule has 0 radical (unpaired) electrons. The normalized spacial score (nSPS) is 24.9. The third-order valence-corrected chi connectivity index (χ3v) is 1.87. The first kappa shape index (κ1) is 10.9. The molecule has 1 rings (SSSR count). The van der Waals surface area contributed by atoms with E-state index in [1.807, 2.05) is 13.8 Å². The lowest BCUT2D eigenvalue weighted by atomic mass is 10.2. The minimum atomic E-state index is -0.715. The van der Waals surface area contributed by atoms with Crippen LogP contribution in [0.15, 0.2) is 0 Å². The van der Waals surface area contributed by atoms with Crippen LogP contribution in [-0.4, -0.2) is 45.4 Å². The summed E-state index contributed by atoms with van der Waals surface area (Å²) >= 11 is 0. The van der Waals surface area contributed by atoms with Gasteiger partial charge in [0.15, 0.2) is 0 Å². The molecule has 13 heavy (non-hydrogen) atoms. The van der Waals surface area contributed by atoms with Gasteiger partial charge in [-0.2, -0.15) is 0 Å². The Morgan fingerprint density at radius 2 is 1.69 bits per heavy atom. The van der Waals surface area contributed by atoms with Gasteiger partial charge in [-0.1, -0.05) is 0 Å². The van der Waals surface area contributed by atoms with Gasteiger partial charge in [0.25, 0.3) is 0 Å². The molecule has 1 heterocycles. The monoisotopic (exact) mass is 190 g/mol. The summed E-state index contributed by atoms with van der Waals surface area (Å²) in [6, 6.07) is 0. The van der Waals surface area contributed by atoms with E-state index in [2.05, 4.69) is 0 Å². The molecule has 0 aliphatic carbocycles. The highest BCUT2D eigenvalue weighted by atomic mass is 16.8. The van der Waals surface area contributed by atoms with E-state index in [0.717, 1.165) is 0 Å². The van der Waals surface area contributed by atoms with Crippen molar-refractivity contribution in [2.45, 2.75) is 25.2 Å². The van der Waals surface area contributed by atoms with E-state index in [9.17, 15) is 0 Å². The fourth-order valence-corrected chi connectivity index (χ4v) is 1.49. The first-order valence-corrected chi connectivity index (χ1v) is 4.36. The van der Waals surface area contributed by atoms with Crippen LogP contribution < -0.4 is 0 Å². The molecule has 0 amide bonds. The first-order chi connectivity index (χ1) is 6.04. The van der Waals surface area contributed by atoms with Gasteiger partial charge in [0.1, 0.15) is 13.2 Å². The third-order valence-electron chi connectivity index (χ3n) is 1.87. The van der Waals surface area contributed by atoms with E-state index >= 15 is 0 Å². The molecule has 0 aromatic heterocycles. The lowest BCUT2D eigenvalue weighted by Crippen LogP contribution is -2.42. The summed E-state index contributed by atoms with van der Waals surface area (Å²) in [5, 5.41) is 0. The average Bonchev–Trinajstić information content (AvgIpc) is 2.28. The Hall–Kier alpha value is -0.160. The van der Waals surface area contributed by atoms with Crippen LogP contribution in [0.2, 0.25) is 0 Å². The number of hydrogen-bond donors (Lipinski definition) is 0. The van der Waals surface area contributed by atoms with Gasteiger partial charge in [-0.15, -0.1) is 0 Å². The molecule has 0 saturated carbocycles. The van der Waals surface area contributed by atoms with Crippen LogP contribution in [0.25, 0.3) is 0 Å². The van der Waals surface area contributed by atoms with E-state index < -0.39 is 5.79 Å². The Balaban J connectivity index is 2.59. The van der Waals surface area contributed by atoms with Crippen molar-refractivity contribution < 1.29 is 18.9 Å². The van der Waals surface area contributed by atoms with Crippen LogP contribution in [0.4, 0.5) is 0 Å². The van der Waals surface area contributed by atoms with Crippen LogP contribution in [0.5, 0.6) is 0 Å². The molecular formula is C9H18O4. The van der Waals surface area contributed by atoms with E-state index in [1.165, 1.54) is 0 Å². The van der Waals surface area contributed by atoms with Crippen LogP contribution in [0.1, 0.15) is 13.8 Å². The predicted molar refractivity (Wildman–Crippen MR) is 47.6 cm³/mol. The molecule has 1 aliphatic rings. The van der Waals surface area contributed by atoms with Gasteiger partial charge >= 0.3 is 0 Å². The Bertz CT molecular complexity index is 161. The van der Waals surface area contributed by atoms with Gasteiger partial charge in [-0.25, -0.2) is 0 Å². The van der Waals surface area contributed by atoms with Gasteiger partial charge in [0.2, 0.25) is 5.79 Å². The maximum Gasteiger partial charge on any atom is 0.216 e. The fourth-order valence-electron chi connectivity index (χ4n) is 1.49. The Morgan fingerprint density at radius 3 is 2.00 bits per heavy atom. The molecule has 0 N–H and O–H groups in total. The second-order valence-electron chi connectivity index (χ2n) is 3.93. The molecule has 0 unspecified atom stereocenters. The topological polar surface area (TPSA) is 36.9 Å². The number of methoxy groups -OCH3 is 2. The summed E-state index contributed by atoms with van der Waals surface area (Å²) in [6.45, 7) is 5.33. The van der Waals surface area contributed by atoms with Crippen molar-refractivity contribution in [2.75, 3.05) is 34.0 Å². The van der Waals surface area contributed by atoms with Gasteiger partial charge in [0.05, 0.1) is 12.2 Å². The minimum absolute atomic E-state index is 0.253. The average molecular weight is 190 g/mol. The quantitative estimate of drug-likeness (QED) is 0.657.